The zero-order valence-corrected chi connectivity index (χ0v) is 18.3. The summed E-state index contributed by atoms with van der Waals surface area (Å²) in [5.41, 5.74) is 2.33. The second-order valence-electron chi connectivity index (χ2n) is 7.59. The highest BCUT2D eigenvalue weighted by Gasteiger charge is 2.16. The van der Waals surface area contributed by atoms with Gasteiger partial charge in [-0.05, 0) is 72.1 Å². The largest absolute Gasteiger partial charge is 0.508 e. The Morgan fingerprint density at radius 3 is 2.34 bits per heavy atom. The topological polar surface area (TPSA) is 79.1 Å². The van der Waals surface area contributed by atoms with Crippen LogP contribution in [0.3, 0.4) is 0 Å². The molecule has 0 saturated heterocycles. The maximum absolute atomic E-state index is 13.1. The number of phenolic OH excluding ortho intramolecular Hbond substituents is 2. The van der Waals surface area contributed by atoms with Gasteiger partial charge in [0.25, 0.3) is 0 Å². The summed E-state index contributed by atoms with van der Waals surface area (Å²) in [6, 6.07) is 18.2. The van der Waals surface area contributed by atoms with E-state index in [1.54, 1.807) is 66.9 Å². The highest BCUT2D eigenvalue weighted by molar-refractivity contribution is 6.13. The predicted molar refractivity (Wildman–Crippen MR) is 128 cm³/mol. The molecule has 0 radical (unpaired) electrons. The predicted octanol–water partition coefficient (Wildman–Crippen LogP) is 6.03. The van der Waals surface area contributed by atoms with E-state index in [9.17, 15) is 15.0 Å². The van der Waals surface area contributed by atoms with Crippen molar-refractivity contribution in [1.29, 1.82) is 0 Å². The first-order valence-electron chi connectivity index (χ1n) is 11.0. The van der Waals surface area contributed by atoms with Crippen LogP contribution in [0.1, 0.15) is 48.5 Å². The lowest BCUT2D eigenvalue weighted by atomic mass is 9.93. The van der Waals surface area contributed by atoms with Crippen LogP contribution in [0.2, 0.25) is 0 Å². The Bertz CT molecular complexity index is 1040. The molecule has 0 aliphatic heterocycles. The summed E-state index contributed by atoms with van der Waals surface area (Å²) in [6.07, 6.45) is 6.56. The molecule has 0 aromatic heterocycles. The fourth-order valence-electron chi connectivity index (χ4n) is 3.38. The maximum atomic E-state index is 13.1. The van der Waals surface area contributed by atoms with Gasteiger partial charge in [0.15, 0.2) is 5.78 Å². The number of hydrogen-bond acceptors (Lipinski definition) is 5. The first-order valence-corrected chi connectivity index (χ1v) is 11.0. The van der Waals surface area contributed by atoms with E-state index >= 15 is 0 Å². The summed E-state index contributed by atoms with van der Waals surface area (Å²) in [7, 11) is 0. The SMILES string of the molecule is CCCCCCN=CCOc1ccc(C(=O)c2ccc(O)cc2-c2ccc(O)cc2)cc1. The molecule has 0 fully saturated rings. The number of unbranched alkanes of at least 4 members (excludes halogenated alkanes) is 3. The number of nitrogens with zero attached hydrogens (tertiary/aromatic N) is 1. The number of rotatable bonds is 11. The minimum Gasteiger partial charge on any atom is -0.508 e. The van der Waals surface area contributed by atoms with Gasteiger partial charge in [-0.2, -0.15) is 0 Å². The van der Waals surface area contributed by atoms with Crippen LogP contribution in [0, 0.1) is 0 Å². The van der Waals surface area contributed by atoms with E-state index in [1.807, 2.05) is 0 Å². The third-order valence-corrected chi connectivity index (χ3v) is 5.14. The summed E-state index contributed by atoms with van der Waals surface area (Å²) in [4.78, 5) is 17.5. The third kappa shape index (κ3) is 6.45. The van der Waals surface area contributed by atoms with Crippen molar-refractivity contribution in [3.8, 4) is 28.4 Å². The van der Waals surface area contributed by atoms with Gasteiger partial charge in [-0.3, -0.25) is 9.79 Å². The molecule has 5 nitrogen and oxygen atoms in total. The third-order valence-electron chi connectivity index (χ3n) is 5.14. The van der Waals surface area contributed by atoms with Gasteiger partial charge in [-0.25, -0.2) is 0 Å². The number of aliphatic imine (C=N–C) groups is 1. The summed E-state index contributed by atoms with van der Waals surface area (Å²) in [6.45, 7) is 3.41. The summed E-state index contributed by atoms with van der Waals surface area (Å²) >= 11 is 0. The summed E-state index contributed by atoms with van der Waals surface area (Å²) < 4.78 is 5.68. The molecule has 0 heterocycles. The van der Waals surface area contributed by atoms with Crippen LogP contribution in [-0.2, 0) is 0 Å². The van der Waals surface area contributed by atoms with Gasteiger partial charge in [0.2, 0.25) is 0 Å². The van der Waals surface area contributed by atoms with E-state index in [1.165, 1.54) is 25.3 Å². The van der Waals surface area contributed by atoms with Crippen molar-refractivity contribution in [1.82, 2.24) is 0 Å². The number of ether oxygens (including phenoxy) is 1. The molecular weight excluding hydrogens is 402 g/mol. The average Bonchev–Trinajstić information content (AvgIpc) is 2.81. The molecular formula is C27H29NO4. The lowest BCUT2D eigenvalue weighted by Gasteiger charge is -2.11. The highest BCUT2D eigenvalue weighted by atomic mass is 16.5. The van der Waals surface area contributed by atoms with Crippen LogP contribution >= 0.6 is 0 Å². The van der Waals surface area contributed by atoms with Crippen molar-refractivity contribution in [3.63, 3.8) is 0 Å². The van der Waals surface area contributed by atoms with Crippen LogP contribution in [0.25, 0.3) is 11.1 Å². The monoisotopic (exact) mass is 431 g/mol. The Labute approximate surface area is 189 Å². The molecule has 5 heteroatoms. The Balaban J connectivity index is 1.65. The van der Waals surface area contributed by atoms with Gasteiger partial charge in [0.05, 0.1) is 0 Å². The fourth-order valence-corrected chi connectivity index (χ4v) is 3.38. The summed E-state index contributed by atoms with van der Waals surface area (Å²) in [5, 5.41) is 19.5. The summed E-state index contributed by atoms with van der Waals surface area (Å²) in [5.74, 6) is 0.719. The van der Waals surface area contributed by atoms with Gasteiger partial charge in [-0.15, -0.1) is 0 Å². The van der Waals surface area contributed by atoms with E-state index in [2.05, 4.69) is 11.9 Å². The molecule has 32 heavy (non-hydrogen) atoms. The minimum absolute atomic E-state index is 0.0698. The first kappa shape index (κ1) is 23.1. The van der Waals surface area contributed by atoms with Crippen LogP contribution in [0.4, 0.5) is 0 Å². The van der Waals surface area contributed by atoms with Gasteiger partial charge in [0, 0.05) is 23.9 Å². The number of aromatic hydroxyl groups is 2. The number of carbonyl (C=O) groups excluding carboxylic acids is 1. The second kappa shape index (κ2) is 11.7. The van der Waals surface area contributed by atoms with E-state index < -0.39 is 0 Å². The van der Waals surface area contributed by atoms with Crippen molar-refractivity contribution < 1.29 is 19.7 Å². The molecule has 166 valence electrons. The van der Waals surface area contributed by atoms with Crippen molar-refractivity contribution in [2.75, 3.05) is 13.2 Å². The molecule has 0 aliphatic carbocycles. The quantitative estimate of drug-likeness (QED) is 0.221. The van der Waals surface area contributed by atoms with E-state index in [0.29, 0.717) is 29.0 Å². The Morgan fingerprint density at radius 1 is 0.906 bits per heavy atom. The second-order valence-corrected chi connectivity index (χ2v) is 7.59. The lowest BCUT2D eigenvalue weighted by Crippen LogP contribution is -2.04. The maximum Gasteiger partial charge on any atom is 0.193 e. The molecule has 0 amide bonds. The molecule has 0 bridgehead atoms. The molecule has 0 unspecified atom stereocenters. The molecule has 2 N–H and O–H groups in total. The molecule has 0 atom stereocenters. The van der Waals surface area contributed by atoms with Crippen LogP contribution in [0.5, 0.6) is 17.2 Å². The van der Waals surface area contributed by atoms with Gasteiger partial charge in [-0.1, -0.05) is 38.3 Å². The number of hydrogen-bond donors (Lipinski definition) is 2. The van der Waals surface area contributed by atoms with Crippen molar-refractivity contribution in [2.45, 2.75) is 32.6 Å². The molecule has 0 spiro atoms. The van der Waals surface area contributed by atoms with Gasteiger partial charge in [0.1, 0.15) is 23.9 Å². The molecule has 3 aromatic carbocycles. The van der Waals surface area contributed by atoms with Gasteiger partial charge < -0.3 is 14.9 Å². The number of ketones is 1. The van der Waals surface area contributed by atoms with Crippen LogP contribution < -0.4 is 4.74 Å². The average molecular weight is 432 g/mol. The number of phenols is 2. The van der Waals surface area contributed by atoms with Gasteiger partial charge >= 0.3 is 0 Å². The van der Waals surface area contributed by atoms with Crippen LogP contribution in [-0.4, -0.2) is 35.4 Å². The minimum atomic E-state index is -0.159. The van der Waals surface area contributed by atoms with Crippen LogP contribution in [0.15, 0.2) is 71.7 Å². The first-order chi connectivity index (χ1) is 15.6. The fraction of sp³-hybridized carbons (Fsp3) is 0.259. The number of carbonyl (C=O) groups is 1. The molecule has 3 aromatic rings. The molecule has 0 saturated carbocycles. The zero-order chi connectivity index (χ0) is 22.8. The standard InChI is InChI=1S/C27H29NO4/c1-2-3-4-5-16-28-17-18-32-24-13-8-21(9-14-24)27(31)25-15-12-23(30)19-26(25)20-6-10-22(29)11-7-20/h6-15,17,19,29-30H,2-5,16,18H2,1H3. The Kier molecular flexibility index (Phi) is 8.44. The number of benzene rings is 3. The van der Waals surface area contributed by atoms with Crippen molar-refractivity contribution >= 4 is 12.0 Å². The smallest absolute Gasteiger partial charge is 0.193 e. The highest BCUT2D eigenvalue weighted by Crippen LogP contribution is 2.30. The molecule has 0 aliphatic rings. The lowest BCUT2D eigenvalue weighted by molar-refractivity contribution is 0.103. The van der Waals surface area contributed by atoms with Crippen molar-refractivity contribution in [2.24, 2.45) is 4.99 Å². The zero-order valence-electron chi connectivity index (χ0n) is 18.3. The van der Waals surface area contributed by atoms with E-state index in [4.69, 9.17) is 4.74 Å². The van der Waals surface area contributed by atoms with E-state index in [-0.39, 0.29) is 17.3 Å². The normalized spacial score (nSPS) is 11.0. The Hall–Kier alpha value is -3.60. The van der Waals surface area contributed by atoms with Crippen molar-refractivity contribution in [3.05, 3.63) is 77.9 Å². The Morgan fingerprint density at radius 2 is 1.62 bits per heavy atom. The van der Waals surface area contributed by atoms with E-state index in [0.717, 1.165) is 18.5 Å². The molecule has 3 rings (SSSR count).